The minimum atomic E-state index is 0.608. The Bertz CT molecular complexity index is 2750. The van der Waals surface area contributed by atoms with Crippen molar-refractivity contribution in [2.75, 3.05) is 0 Å². The molecule has 0 radical (unpaired) electrons. The standard InChI is InChI=1S/C44H26N4/c1-45-30-24-27-43-38(28-30)36-16-7-8-19-40(36)47(43)31-25-22-29(23-26-31)32-12-3-4-13-33(32)37-17-11-18-39(46-2)44(37)48-41-20-9-5-14-34(41)35-15-6-10-21-42(35)48/h3-28H. The van der Waals surface area contributed by atoms with Crippen LogP contribution in [0, 0.1) is 13.1 Å². The van der Waals surface area contributed by atoms with E-state index in [1.807, 2.05) is 36.4 Å². The molecule has 0 aliphatic rings. The molecule has 0 spiro atoms. The Morgan fingerprint density at radius 3 is 1.58 bits per heavy atom. The lowest BCUT2D eigenvalue weighted by Crippen LogP contribution is -1.99. The molecule has 0 amide bonds. The summed E-state index contributed by atoms with van der Waals surface area (Å²) >= 11 is 0. The summed E-state index contributed by atoms with van der Waals surface area (Å²) in [7, 11) is 0. The van der Waals surface area contributed by atoms with E-state index < -0.39 is 0 Å². The summed E-state index contributed by atoms with van der Waals surface area (Å²) in [6.07, 6.45) is 0. The fourth-order valence-electron chi connectivity index (χ4n) is 7.31. The normalized spacial score (nSPS) is 11.3. The number of aromatic nitrogens is 2. The average molecular weight is 611 g/mol. The molecule has 4 nitrogen and oxygen atoms in total. The van der Waals surface area contributed by atoms with Gasteiger partial charge in [-0.15, -0.1) is 0 Å². The molecule has 48 heavy (non-hydrogen) atoms. The van der Waals surface area contributed by atoms with Crippen LogP contribution < -0.4 is 0 Å². The molecule has 7 aromatic carbocycles. The minimum Gasteiger partial charge on any atom is -0.318 e. The maximum absolute atomic E-state index is 8.20. The summed E-state index contributed by atoms with van der Waals surface area (Å²) in [6, 6.07) is 54.4. The maximum Gasteiger partial charge on any atom is 0.211 e. The third-order valence-corrected chi connectivity index (χ3v) is 9.38. The van der Waals surface area contributed by atoms with E-state index in [9.17, 15) is 0 Å². The third kappa shape index (κ3) is 4.07. The molecular weight excluding hydrogens is 585 g/mol. The number of para-hydroxylation sites is 4. The molecular formula is C44H26N4. The summed E-state index contributed by atoms with van der Waals surface area (Å²) in [4.78, 5) is 7.71. The van der Waals surface area contributed by atoms with Gasteiger partial charge in [0.2, 0.25) is 5.69 Å². The molecule has 0 aliphatic carbocycles. The zero-order valence-corrected chi connectivity index (χ0v) is 25.8. The predicted octanol–water partition coefficient (Wildman–Crippen LogP) is 12.3. The number of nitrogens with zero attached hydrogens (tertiary/aromatic N) is 4. The molecule has 2 heterocycles. The summed E-state index contributed by atoms with van der Waals surface area (Å²) in [6.45, 7) is 15.7. The molecule has 0 atom stereocenters. The molecule has 0 bridgehead atoms. The quantitative estimate of drug-likeness (QED) is 0.177. The van der Waals surface area contributed by atoms with E-state index in [1.54, 1.807) is 0 Å². The van der Waals surface area contributed by atoms with Crippen LogP contribution in [0.4, 0.5) is 11.4 Å². The lowest BCUT2D eigenvalue weighted by Gasteiger charge is -2.18. The van der Waals surface area contributed by atoms with Crippen molar-refractivity contribution in [1.29, 1.82) is 0 Å². The lowest BCUT2D eigenvalue weighted by molar-refractivity contribution is 1.18. The SMILES string of the molecule is [C-]#[N+]c1ccc2c(c1)c1ccccc1n2-c1ccc(-c2ccccc2-c2cccc([N+]#[C-])c2-n2c3ccccc3c3ccccc32)cc1. The molecule has 0 saturated heterocycles. The van der Waals surface area contributed by atoms with Crippen LogP contribution in [0.3, 0.4) is 0 Å². The zero-order chi connectivity index (χ0) is 32.2. The second-order valence-electron chi connectivity index (χ2n) is 11.9. The van der Waals surface area contributed by atoms with E-state index in [4.69, 9.17) is 13.1 Å². The van der Waals surface area contributed by atoms with E-state index in [0.717, 1.165) is 77.2 Å². The molecule has 0 unspecified atom stereocenters. The molecule has 4 heteroatoms. The topological polar surface area (TPSA) is 18.6 Å². The third-order valence-electron chi connectivity index (χ3n) is 9.38. The van der Waals surface area contributed by atoms with Crippen LogP contribution in [-0.4, -0.2) is 9.13 Å². The second kappa shape index (κ2) is 10.9. The first kappa shape index (κ1) is 27.4. The van der Waals surface area contributed by atoms with Crippen molar-refractivity contribution in [3.05, 3.63) is 181 Å². The van der Waals surface area contributed by atoms with E-state index in [2.05, 4.69) is 140 Å². The molecule has 222 valence electrons. The fourth-order valence-corrected chi connectivity index (χ4v) is 7.31. The van der Waals surface area contributed by atoms with Gasteiger partial charge in [0.05, 0.1) is 40.9 Å². The van der Waals surface area contributed by atoms with Crippen LogP contribution in [0.25, 0.3) is 86.9 Å². The summed E-state index contributed by atoms with van der Waals surface area (Å²) in [5, 5.41) is 4.53. The summed E-state index contributed by atoms with van der Waals surface area (Å²) in [5.74, 6) is 0. The van der Waals surface area contributed by atoms with Crippen LogP contribution >= 0.6 is 0 Å². The van der Waals surface area contributed by atoms with Crippen molar-refractivity contribution >= 4 is 55.0 Å². The van der Waals surface area contributed by atoms with E-state index in [0.29, 0.717) is 11.4 Å². The maximum atomic E-state index is 8.20. The van der Waals surface area contributed by atoms with Gasteiger partial charge in [0, 0.05) is 21.8 Å². The first-order chi connectivity index (χ1) is 23.7. The Labute approximate surface area is 277 Å². The highest BCUT2D eigenvalue weighted by atomic mass is 15.0. The molecule has 0 saturated carbocycles. The summed E-state index contributed by atoms with van der Waals surface area (Å²) in [5.41, 5.74) is 11.8. The van der Waals surface area contributed by atoms with Gasteiger partial charge in [-0.2, -0.15) is 0 Å². The van der Waals surface area contributed by atoms with Gasteiger partial charge < -0.3 is 9.13 Å². The van der Waals surface area contributed by atoms with Crippen molar-refractivity contribution in [3.8, 4) is 33.6 Å². The molecule has 9 rings (SSSR count). The first-order valence-corrected chi connectivity index (χ1v) is 15.8. The van der Waals surface area contributed by atoms with Gasteiger partial charge in [-0.25, -0.2) is 9.69 Å². The number of fused-ring (bicyclic) bond motifs is 6. The number of hydrogen-bond donors (Lipinski definition) is 0. The van der Waals surface area contributed by atoms with Gasteiger partial charge in [0.1, 0.15) is 0 Å². The Kier molecular flexibility index (Phi) is 6.22. The van der Waals surface area contributed by atoms with E-state index in [-0.39, 0.29) is 0 Å². The largest absolute Gasteiger partial charge is 0.318 e. The van der Waals surface area contributed by atoms with Gasteiger partial charge in [0.25, 0.3) is 0 Å². The highest BCUT2D eigenvalue weighted by molar-refractivity contribution is 6.11. The highest BCUT2D eigenvalue weighted by Crippen LogP contribution is 2.43. The van der Waals surface area contributed by atoms with Gasteiger partial charge in [-0.3, -0.25) is 0 Å². The van der Waals surface area contributed by atoms with Crippen LogP contribution in [0.1, 0.15) is 0 Å². The monoisotopic (exact) mass is 610 g/mol. The second-order valence-corrected chi connectivity index (χ2v) is 11.9. The fraction of sp³-hybridized carbons (Fsp3) is 0. The molecule has 2 aromatic heterocycles. The number of benzene rings is 7. The zero-order valence-electron chi connectivity index (χ0n) is 25.8. The number of hydrogen-bond acceptors (Lipinski definition) is 0. The molecule has 0 fully saturated rings. The lowest BCUT2D eigenvalue weighted by atomic mass is 9.93. The minimum absolute atomic E-state index is 0.608. The van der Waals surface area contributed by atoms with Crippen LogP contribution in [0.15, 0.2) is 158 Å². The van der Waals surface area contributed by atoms with Crippen LogP contribution in [0.2, 0.25) is 0 Å². The Morgan fingerprint density at radius 2 is 0.938 bits per heavy atom. The molecule has 0 N–H and O–H groups in total. The summed E-state index contributed by atoms with van der Waals surface area (Å²) < 4.78 is 4.53. The van der Waals surface area contributed by atoms with Crippen molar-refractivity contribution in [2.45, 2.75) is 0 Å². The van der Waals surface area contributed by atoms with Crippen molar-refractivity contribution in [2.24, 2.45) is 0 Å². The van der Waals surface area contributed by atoms with Gasteiger partial charge in [-0.05, 0) is 70.1 Å². The van der Waals surface area contributed by atoms with Crippen LogP contribution in [0.5, 0.6) is 0 Å². The first-order valence-electron chi connectivity index (χ1n) is 15.8. The Morgan fingerprint density at radius 1 is 0.396 bits per heavy atom. The average Bonchev–Trinajstić information content (AvgIpc) is 3.67. The number of rotatable bonds is 4. The van der Waals surface area contributed by atoms with Gasteiger partial charge in [0.15, 0.2) is 5.69 Å². The van der Waals surface area contributed by atoms with Gasteiger partial charge in [-0.1, -0.05) is 115 Å². The van der Waals surface area contributed by atoms with E-state index in [1.165, 1.54) is 0 Å². The molecule has 0 aliphatic heterocycles. The van der Waals surface area contributed by atoms with E-state index >= 15 is 0 Å². The Hall–Kier alpha value is -6.88. The van der Waals surface area contributed by atoms with Crippen molar-refractivity contribution in [1.82, 2.24) is 9.13 Å². The Balaban J connectivity index is 1.23. The van der Waals surface area contributed by atoms with Crippen LogP contribution in [-0.2, 0) is 0 Å². The highest BCUT2D eigenvalue weighted by Gasteiger charge is 2.20. The van der Waals surface area contributed by atoms with Crippen molar-refractivity contribution < 1.29 is 0 Å². The van der Waals surface area contributed by atoms with Gasteiger partial charge >= 0.3 is 0 Å². The predicted molar refractivity (Wildman–Crippen MR) is 199 cm³/mol. The van der Waals surface area contributed by atoms with Crippen molar-refractivity contribution in [3.63, 3.8) is 0 Å². The smallest absolute Gasteiger partial charge is 0.211 e. The molecule has 9 aromatic rings.